The van der Waals surface area contributed by atoms with Crippen molar-refractivity contribution in [3.63, 3.8) is 0 Å². The summed E-state index contributed by atoms with van der Waals surface area (Å²) in [4.78, 5) is 28.9. The number of allylic oxidation sites excluding steroid dienone is 1. The van der Waals surface area contributed by atoms with E-state index < -0.39 is 4.92 Å². The first kappa shape index (κ1) is 23.8. The van der Waals surface area contributed by atoms with Gasteiger partial charge >= 0.3 is 0 Å². The second-order valence-corrected chi connectivity index (χ2v) is 9.58. The topological polar surface area (TPSA) is 135 Å². The maximum absolute atomic E-state index is 13.6. The monoisotopic (exact) mass is 504 g/mol. The van der Waals surface area contributed by atoms with Gasteiger partial charge in [-0.05, 0) is 73.2 Å². The molecule has 10 nitrogen and oxygen atoms in total. The van der Waals surface area contributed by atoms with Crippen LogP contribution in [0.4, 0.5) is 11.4 Å². The van der Waals surface area contributed by atoms with Crippen LogP contribution in [-0.2, 0) is 0 Å². The lowest BCUT2D eigenvalue weighted by molar-refractivity contribution is -0.384. The van der Waals surface area contributed by atoms with Crippen LogP contribution < -0.4 is 5.23 Å². The van der Waals surface area contributed by atoms with E-state index in [0.29, 0.717) is 10.6 Å². The number of aryl methyl sites for hydroxylation is 1. The maximum Gasteiger partial charge on any atom is 0.286 e. The number of hydrazone groups is 1. The number of nitro benzene ring substituents is 1. The van der Waals surface area contributed by atoms with Crippen LogP contribution in [0.3, 0.4) is 0 Å². The first-order valence-electron chi connectivity index (χ1n) is 11.4. The van der Waals surface area contributed by atoms with E-state index in [1.807, 2.05) is 6.08 Å². The van der Waals surface area contributed by atoms with Crippen LogP contribution in [0.5, 0.6) is 0 Å². The molecule has 11 heteroatoms. The summed E-state index contributed by atoms with van der Waals surface area (Å²) in [5.74, 6) is -0.308. The number of fused-ring (bicyclic) bond motifs is 1. The zero-order valence-electron chi connectivity index (χ0n) is 19.3. The molecule has 2 unspecified atom stereocenters. The number of thiazole rings is 1. The smallest absolute Gasteiger partial charge is 0.286 e. The zero-order chi connectivity index (χ0) is 25.4. The number of benzene rings is 2. The molecule has 2 aromatic carbocycles. The summed E-state index contributed by atoms with van der Waals surface area (Å²) in [6.07, 6.45) is 4.46. The molecule has 36 heavy (non-hydrogen) atoms. The third kappa shape index (κ3) is 4.39. The van der Waals surface area contributed by atoms with Gasteiger partial charge in [0.2, 0.25) is 0 Å². The first-order valence-corrected chi connectivity index (χ1v) is 12.2. The summed E-state index contributed by atoms with van der Waals surface area (Å²) < 4.78 is 0. The van der Waals surface area contributed by atoms with Crippen LogP contribution in [0.1, 0.15) is 51.8 Å². The highest BCUT2D eigenvalue weighted by molar-refractivity contribution is 7.11. The number of hydrogen-bond donors (Lipinski definition) is 1. The fourth-order valence-corrected chi connectivity index (χ4v) is 5.54. The van der Waals surface area contributed by atoms with Crippen molar-refractivity contribution in [2.75, 3.05) is 5.23 Å². The van der Waals surface area contributed by atoms with Gasteiger partial charge in [0.25, 0.3) is 11.6 Å². The van der Waals surface area contributed by atoms with Gasteiger partial charge < -0.3 is 10.4 Å². The van der Waals surface area contributed by atoms with Crippen molar-refractivity contribution in [1.82, 2.24) is 9.99 Å². The lowest BCUT2D eigenvalue weighted by Crippen LogP contribution is -2.31. The van der Waals surface area contributed by atoms with Crippen molar-refractivity contribution >= 4 is 40.4 Å². The number of non-ortho nitro benzene ring substituents is 1. The van der Waals surface area contributed by atoms with Crippen LogP contribution in [0.25, 0.3) is 6.08 Å². The molecule has 2 heterocycles. The number of nitrogens with zero attached hydrogens (tertiary/aromatic N) is 5. The van der Waals surface area contributed by atoms with Crippen molar-refractivity contribution in [3.8, 4) is 0 Å². The van der Waals surface area contributed by atoms with E-state index in [1.165, 1.54) is 40.6 Å². The first-order chi connectivity index (χ1) is 17.3. The number of carbonyl (C=O) groups excluding carboxylic acids is 1. The molecule has 0 radical (unpaired) electrons. The van der Waals surface area contributed by atoms with Crippen molar-refractivity contribution in [2.24, 2.45) is 11.0 Å². The second-order valence-electron chi connectivity index (χ2n) is 8.73. The standard InChI is InChI=1S/C25H22N5O5S/c1-15-24(36-14-26-15)25(31)28-23(17-7-11-20(12-8-17)30(34)35)21-4-2-3-18(22(21)27-28)13-16-5-9-19(10-6-16)29(32)33/h5-14,21,23,34H,2-4H2,1H3/q-1. The van der Waals surface area contributed by atoms with E-state index in [9.17, 15) is 25.3 Å². The predicted molar refractivity (Wildman–Crippen MR) is 136 cm³/mol. The average molecular weight is 505 g/mol. The number of carbonyl (C=O) groups is 1. The van der Waals surface area contributed by atoms with Gasteiger partial charge in [0.05, 0.1) is 33.6 Å². The molecule has 1 aliphatic heterocycles. The Bertz CT molecular complexity index is 1360. The van der Waals surface area contributed by atoms with Crippen LogP contribution in [0.15, 0.2) is 64.7 Å². The summed E-state index contributed by atoms with van der Waals surface area (Å²) in [5.41, 5.74) is 5.81. The van der Waals surface area contributed by atoms with Crippen molar-refractivity contribution in [2.45, 2.75) is 32.2 Å². The Morgan fingerprint density at radius 3 is 2.56 bits per heavy atom. The Kier molecular flexibility index (Phi) is 6.35. The van der Waals surface area contributed by atoms with Crippen LogP contribution >= 0.6 is 11.3 Å². The highest BCUT2D eigenvalue weighted by atomic mass is 32.1. The van der Waals surface area contributed by atoms with Crippen molar-refractivity contribution in [1.29, 1.82) is 0 Å². The molecule has 2 atom stereocenters. The number of amides is 1. The predicted octanol–water partition coefficient (Wildman–Crippen LogP) is 5.49. The highest BCUT2D eigenvalue weighted by Crippen LogP contribution is 2.45. The van der Waals surface area contributed by atoms with Crippen molar-refractivity contribution in [3.05, 3.63) is 96.6 Å². The van der Waals surface area contributed by atoms with Crippen LogP contribution in [-0.4, -0.2) is 31.7 Å². The fourth-order valence-electron chi connectivity index (χ4n) is 4.80. The molecular formula is C25H22N5O5S-. The minimum absolute atomic E-state index is 0.0246. The number of hydrogen-bond acceptors (Lipinski definition) is 9. The summed E-state index contributed by atoms with van der Waals surface area (Å²) >= 11 is 1.27. The SMILES string of the molecule is Cc1ncsc1C(=O)N1N=C2C(=Cc3ccc([N+](=O)[O-])cc3)CCCC2C1c1ccc(N([O-])O)cc1. The molecule has 1 saturated carbocycles. The largest absolute Gasteiger partial charge is 0.733 e. The molecule has 1 aliphatic carbocycles. The molecule has 184 valence electrons. The van der Waals surface area contributed by atoms with Crippen LogP contribution in [0, 0.1) is 28.2 Å². The van der Waals surface area contributed by atoms with Gasteiger partial charge in [-0.2, -0.15) is 5.10 Å². The number of nitro groups is 1. The summed E-state index contributed by atoms with van der Waals surface area (Å²) in [5, 5.41) is 37.6. The Morgan fingerprint density at radius 1 is 1.22 bits per heavy atom. The Morgan fingerprint density at radius 2 is 1.94 bits per heavy atom. The average Bonchev–Trinajstić information content (AvgIpc) is 3.48. The van der Waals surface area contributed by atoms with Gasteiger partial charge in [0.1, 0.15) is 4.88 Å². The minimum atomic E-state index is -0.432. The second kappa shape index (κ2) is 9.61. The number of anilines is 1. The Hall–Kier alpha value is -3.93. The van der Waals surface area contributed by atoms with Crippen LogP contribution in [0.2, 0.25) is 0 Å². The molecule has 1 N–H and O–H groups in total. The highest BCUT2D eigenvalue weighted by Gasteiger charge is 2.44. The van der Waals surface area contributed by atoms with Gasteiger partial charge in [-0.1, -0.05) is 12.1 Å². The third-order valence-corrected chi connectivity index (χ3v) is 7.47. The molecular weight excluding hydrogens is 482 g/mol. The van der Waals surface area contributed by atoms with Gasteiger partial charge in [0.15, 0.2) is 0 Å². The molecule has 0 spiro atoms. The summed E-state index contributed by atoms with van der Waals surface area (Å²) in [6, 6.07) is 12.4. The summed E-state index contributed by atoms with van der Waals surface area (Å²) in [6.45, 7) is 1.79. The van der Waals surface area contributed by atoms with Gasteiger partial charge in [0, 0.05) is 18.1 Å². The fraction of sp³-hybridized carbons (Fsp3) is 0.240. The van der Waals surface area contributed by atoms with Crippen molar-refractivity contribution < 1.29 is 14.9 Å². The molecule has 5 rings (SSSR count). The van der Waals surface area contributed by atoms with E-state index in [2.05, 4.69) is 4.98 Å². The Labute approximate surface area is 210 Å². The van der Waals surface area contributed by atoms with E-state index in [1.54, 1.807) is 36.7 Å². The Balaban J connectivity index is 1.55. The zero-order valence-corrected chi connectivity index (χ0v) is 20.1. The summed E-state index contributed by atoms with van der Waals surface area (Å²) in [7, 11) is 0. The lowest BCUT2D eigenvalue weighted by Gasteiger charge is -2.30. The van der Waals surface area contributed by atoms with Gasteiger partial charge in [-0.3, -0.25) is 20.1 Å². The molecule has 1 aromatic heterocycles. The number of rotatable bonds is 5. The normalized spacial score (nSPS) is 20.2. The molecule has 1 fully saturated rings. The van der Waals surface area contributed by atoms with E-state index in [0.717, 1.165) is 41.7 Å². The van der Waals surface area contributed by atoms with E-state index >= 15 is 0 Å². The van der Waals surface area contributed by atoms with E-state index in [-0.39, 0.29) is 34.5 Å². The molecule has 1 amide bonds. The third-order valence-electron chi connectivity index (χ3n) is 6.55. The molecule has 3 aromatic rings. The molecule has 0 bridgehead atoms. The van der Waals surface area contributed by atoms with E-state index in [4.69, 9.17) is 5.10 Å². The molecule has 2 aliphatic rings. The number of aromatic nitrogens is 1. The lowest BCUT2D eigenvalue weighted by atomic mass is 9.77. The van der Waals surface area contributed by atoms with Gasteiger partial charge in [-0.15, -0.1) is 11.3 Å². The maximum atomic E-state index is 13.6. The molecule has 0 saturated heterocycles. The van der Waals surface area contributed by atoms with Gasteiger partial charge in [-0.25, -0.2) is 9.99 Å². The minimum Gasteiger partial charge on any atom is -0.733 e. The quantitative estimate of drug-likeness (QED) is 0.358.